The average molecular weight is 206 g/mol. The second-order valence-electron chi connectivity index (χ2n) is 3.54. The molecule has 0 aliphatic rings. The molecule has 0 atom stereocenters. The summed E-state index contributed by atoms with van der Waals surface area (Å²) in [7, 11) is 0. The number of benzene rings is 1. The summed E-state index contributed by atoms with van der Waals surface area (Å²) in [4.78, 5) is 0. The molecule has 0 spiro atoms. The number of hydrogen-bond acceptors (Lipinski definition) is 2. The maximum absolute atomic E-state index is 8.76. The third-order valence-electron chi connectivity index (χ3n) is 2.28. The van der Waals surface area contributed by atoms with Crippen molar-refractivity contribution in [2.45, 2.75) is 20.3 Å². The van der Waals surface area contributed by atoms with E-state index in [2.05, 4.69) is 0 Å². The second kappa shape index (κ2) is 6.25. The number of hydrogen-bond donors (Lipinski definition) is 1. The van der Waals surface area contributed by atoms with Gasteiger partial charge in [-0.15, -0.1) is 0 Å². The largest absolute Gasteiger partial charge is 0.489 e. The van der Waals surface area contributed by atoms with E-state index in [9.17, 15) is 0 Å². The molecule has 0 saturated carbocycles. The van der Waals surface area contributed by atoms with Gasteiger partial charge in [0.2, 0.25) is 0 Å². The van der Waals surface area contributed by atoms with Gasteiger partial charge >= 0.3 is 0 Å². The third kappa shape index (κ3) is 4.17. The van der Waals surface area contributed by atoms with Crippen molar-refractivity contribution in [1.29, 1.82) is 0 Å². The smallest absolute Gasteiger partial charge is 0.119 e. The van der Waals surface area contributed by atoms with Gasteiger partial charge in [-0.05, 0) is 43.5 Å². The van der Waals surface area contributed by atoms with Crippen molar-refractivity contribution in [3.63, 3.8) is 0 Å². The number of rotatable bonds is 5. The lowest BCUT2D eigenvalue weighted by molar-refractivity contribution is 0.299. The highest BCUT2D eigenvalue weighted by atomic mass is 16.5. The Bertz CT molecular complexity index is 312. The first kappa shape index (κ1) is 11.8. The molecule has 0 amide bonds. The van der Waals surface area contributed by atoms with Crippen LogP contribution in [0.2, 0.25) is 0 Å². The normalized spacial score (nSPS) is 11.5. The predicted octanol–water partition coefficient (Wildman–Crippen LogP) is 2.57. The predicted molar refractivity (Wildman–Crippen MR) is 62.2 cm³/mol. The Morgan fingerprint density at radius 2 is 2.00 bits per heavy atom. The molecule has 1 aromatic rings. The monoisotopic (exact) mass is 206 g/mol. The summed E-state index contributed by atoms with van der Waals surface area (Å²) in [6, 6.07) is 7.84. The summed E-state index contributed by atoms with van der Waals surface area (Å²) in [5.74, 6) is 0.873. The lowest BCUT2D eigenvalue weighted by atomic mass is 10.1. The van der Waals surface area contributed by atoms with Crippen LogP contribution in [0, 0.1) is 0 Å². The van der Waals surface area contributed by atoms with Crippen LogP contribution in [0.3, 0.4) is 0 Å². The van der Waals surface area contributed by atoms with E-state index >= 15 is 0 Å². The average Bonchev–Trinajstić information content (AvgIpc) is 2.28. The fraction of sp³-hybridized carbons (Fsp3) is 0.385. The van der Waals surface area contributed by atoms with Gasteiger partial charge in [0.25, 0.3) is 0 Å². The Hall–Kier alpha value is -1.28. The topological polar surface area (TPSA) is 29.5 Å². The molecule has 0 aliphatic carbocycles. The Morgan fingerprint density at radius 3 is 2.53 bits per heavy atom. The number of aliphatic hydroxyl groups excluding tert-OH is 1. The molecule has 0 aliphatic heterocycles. The molecule has 1 N–H and O–H groups in total. The van der Waals surface area contributed by atoms with E-state index < -0.39 is 0 Å². The highest BCUT2D eigenvalue weighted by molar-refractivity contribution is 5.27. The van der Waals surface area contributed by atoms with E-state index in [1.54, 1.807) is 0 Å². The Kier molecular flexibility index (Phi) is 4.91. The van der Waals surface area contributed by atoms with E-state index in [0.717, 1.165) is 11.3 Å². The molecule has 2 nitrogen and oxygen atoms in total. The van der Waals surface area contributed by atoms with Gasteiger partial charge in [-0.1, -0.05) is 18.2 Å². The van der Waals surface area contributed by atoms with Crippen LogP contribution in [-0.2, 0) is 6.42 Å². The summed E-state index contributed by atoms with van der Waals surface area (Å²) in [6.07, 6.45) is 2.74. The Balaban J connectivity index is 2.49. The van der Waals surface area contributed by atoms with Crippen LogP contribution >= 0.6 is 0 Å². The van der Waals surface area contributed by atoms with Crippen molar-refractivity contribution in [1.82, 2.24) is 0 Å². The molecule has 1 aromatic carbocycles. The van der Waals surface area contributed by atoms with Crippen molar-refractivity contribution in [3.8, 4) is 5.75 Å². The number of allylic oxidation sites excluding steroid dienone is 1. The molecule has 0 fully saturated rings. The first-order chi connectivity index (χ1) is 7.26. The minimum absolute atomic E-state index is 0.192. The van der Waals surface area contributed by atoms with E-state index in [-0.39, 0.29) is 6.61 Å². The molecule has 15 heavy (non-hydrogen) atoms. The lowest BCUT2D eigenvalue weighted by Crippen LogP contribution is -1.98. The van der Waals surface area contributed by atoms with Gasteiger partial charge in [0.05, 0.1) is 0 Å². The van der Waals surface area contributed by atoms with Crippen LogP contribution in [-0.4, -0.2) is 18.3 Å². The van der Waals surface area contributed by atoms with Crippen molar-refractivity contribution in [3.05, 3.63) is 41.5 Å². The molecule has 0 saturated heterocycles. The molecule has 0 aromatic heterocycles. The van der Waals surface area contributed by atoms with E-state index in [0.29, 0.717) is 13.0 Å². The molecule has 0 bridgehead atoms. The second-order valence-corrected chi connectivity index (χ2v) is 3.54. The third-order valence-corrected chi connectivity index (χ3v) is 2.28. The number of aliphatic hydroxyl groups is 1. The van der Waals surface area contributed by atoms with E-state index in [1.165, 1.54) is 5.57 Å². The fourth-order valence-electron chi connectivity index (χ4n) is 1.16. The van der Waals surface area contributed by atoms with Gasteiger partial charge in [0, 0.05) is 6.61 Å². The van der Waals surface area contributed by atoms with Crippen molar-refractivity contribution >= 4 is 0 Å². The minimum Gasteiger partial charge on any atom is -0.489 e. The zero-order valence-corrected chi connectivity index (χ0v) is 9.36. The molecule has 0 radical (unpaired) electrons. The van der Waals surface area contributed by atoms with E-state index in [1.807, 2.05) is 44.2 Å². The zero-order valence-electron chi connectivity index (χ0n) is 9.36. The maximum atomic E-state index is 8.76. The fourth-order valence-corrected chi connectivity index (χ4v) is 1.16. The van der Waals surface area contributed by atoms with Crippen LogP contribution in [0.4, 0.5) is 0 Å². The molecule has 1 rings (SSSR count). The molecule has 82 valence electrons. The standard InChI is InChI=1S/C13H18O2/c1-3-11(2)10-15-13-6-4-12(5-7-13)8-9-14/h3-7,14H,8-10H2,1-2H3. The van der Waals surface area contributed by atoms with E-state index in [4.69, 9.17) is 9.84 Å². The Labute approximate surface area is 91.2 Å². The highest BCUT2D eigenvalue weighted by Crippen LogP contribution is 2.13. The van der Waals surface area contributed by atoms with Gasteiger partial charge in [-0.2, -0.15) is 0 Å². The van der Waals surface area contributed by atoms with Crippen LogP contribution in [0.5, 0.6) is 5.75 Å². The SMILES string of the molecule is CC=C(C)COc1ccc(CCO)cc1. The first-order valence-electron chi connectivity index (χ1n) is 5.20. The quantitative estimate of drug-likeness (QED) is 0.750. The summed E-state index contributed by atoms with van der Waals surface area (Å²) in [5.41, 5.74) is 2.35. The molecule has 0 unspecified atom stereocenters. The molecule has 0 heterocycles. The Morgan fingerprint density at radius 1 is 1.33 bits per heavy atom. The van der Waals surface area contributed by atoms with Crippen molar-refractivity contribution in [2.24, 2.45) is 0 Å². The van der Waals surface area contributed by atoms with Crippen LogP contribution in [0.15, 0.2) is 35.9 Å². The van der Waals surface area contributed by atoms with Crippen LogP contribution < -0.4 is 4.74 Å². The van der Waals surface area contributed by atoms with Crippen LogP contribution in [0.1, 0.15) is 19.4 Å². The number of ether oxygens (including phenoxy) is 1. The highest BCUT2D eigenvalue weighted by Gasteiger charge is 1.95. The maximum Gasteiger partial charge on any atom is 0.119 e. The summed E-state index contributed by atoms with van der Waals surface area (Å²) < 4.78 is 5.56. The minimum atomic E-state index is 0.192. The molecular formula is C13H18O2. The van der Waals surface area contributed by atoms with Gasteiger partial charge in [-0.25, -0.2) is 0 Å². The van der Waals surface area contributed by atoms with Gasteiger partial charge in [0.15, 0.2) is 0 Å². The van der Waals surface area contributed by atoms with Gasteiger partial charge < -0.3 is 9.84 Å². The van der Waals surface area contributed by atoms with Crippen LogP contribution in [0.25, 0.3) is 0 Å². The molecular weight excluding hydrogens is 188 g/mol. The van der Waals surface area contributed by atoms with Crippen molar-refractivity contribution in [2.75, 3.05) is 13.2 Å². The summed E-state index contributed by atoms with van der Waals surface area (Å²) in [6.45, 7) is 4.87. The van der Waals surface area contributed by atoms with Gasteiger partial charge in [0.1, 0.15) is 12.4 Å². The zero-order chi connectivity index (χ0) is 11.1. The summed E-state index contributed by atoms with van der Waals surface area (Å²) in [5, 5.41) is 8.76. The van der Waals surface area contributed by atoms with Gasteiger partial charge in [-0.3, -0.25) is 0 Å². The van der Waals surface area contributed by atoms with Crippen molar-refractivity contribution < 1.29 is 9.84 Å². The summed E-state index contributed by atoms with van der Waals surface area (Å²) >= 11 is 0. The lowest BCUT2D eigenvalue weighted by Gasteiger charge is -2.06. The first-order valence-corrected chi connectivity index (χ1v) is 5.20. The molecule has 2 heteroatoms.